The topological polar surface area (TPSA) is 67.9 Å². The van der Waals surface area contributed by atoms with Crippen LogP contribution in [0.2, 0.25) is 0 Å². The first-order chi connectivity index (χ1) is 11.7. The van der Waals surface area contributed by atoms with Crippen LogP contribution >= 0.6 is 0 Å². The van der Waals surface area contributed by atoms with Gasteiger partial charge >= 0.3 is 6.03 Å². The van der Waals surface area contributed by atoms with Crippen LogP contribution in [-0.4, -0.2) is 68.7 Å². The molecule has 3 amide bonds. The largest absolute Gasteiger partial charge is 0.369 e. The standard InChI is InChI=1S/C17H23N5O2/c23-16-5-6-22(17(24)19-16)14-3-1-13(2-4-14)20-7-9-21(10-8-20)15-11-18-12-15/h1-4,15,18H,5-12H2,(H,19,23,24). The first-order valence-electron chi connectivity index (χ1n) is 8.62. The van der Waals surface area contributed by atoms with Gasteiger partial charge in [0.15, 0.2) is 0 Å². The smallest absolute Gasteiger partial charge is 0.328 e. The molecule has 0 saturated carbocycles. The molecular weight excluding hydrogens is 306 g/mol. The molecule has 128 valence electrons. The molecule has 7 nitrogen and oxygen atoms in total. The first-order valence-corrected chi connectivity index (χ1v) is 8.62. The summed E-state index contributed by atoms with van der Waals surface area (Å²) in [4.78, 5) is 29.7. The molecule has 3 aliphatic heterocycles. The Morgan fingerprint density at radius 3 is 2.12 bits per heavy atom. The number of urea groups is 1. The molecule has 3 aliphatic rings. The molecule has 7 heteroatoms. The van der Waals surface area contributed by atoms with Crippen LogP contribution in [0, 0.1) is 0 Å². The second-order valence-electron chi connectivity index (χ2n) is 6.61. The second kappa shape index (κ2) is 6.41. The maximum absolute atomic E-state index is 11.9. The molecular formula is C17H23N5O2. The molecule has 3 heterocycles. The van der Waals surface area contributed by atoms with Crippen LogP contribution in [0.1, 0.15) is 6.42 Å². The quantitative estimate of drug-likeness (QED) is 0.831. The molecule has 0 aliphatic carbocycles. The summed E-state index contributed by atoms with van der Waals surface area (Å²) in [5, 5.41) is 5.69. The number of nitrogens with zero attached hydrogens (tertiary/aromatic N) is 3. The predicted octanol–water partition coefficient (Wildman–Crippen LogP) is 0.227. The molecule has 0 spiro atoms. The lowest BCUT2D eigenvalue weighted by atomic mass is 10.1. The molecule has 0 bridgehead atoms. The van der Waals surface area contributed by atoms with Crippen molar-refractivity contribution in [1.29, 1.82) is 0 Å². The van der Waals surface area contributed by atoms with E-state index in [2.05, 4.69) is 32.6 Å². The summed E-state index contributed by atoms with van der Waals surface area (Å²) in [5.41, 5.74) is 2.03. The highest BCUT2D eigenvalue weighted by Gasteiger charge is 2.28. The Bertz CT molecular complexity index is 620. The average molecular weight is 329 g/mol. The Morgan fingerprint density at radius 2 is 1.54 bits per heavy atom. The van der Waals surface area contributed by atoms with Gasteiger partial charge in [-0.3, -0.25) is 19.9 Å². The van der Waals surface area contributed by atoms with Gasteiger partial charge in [-0.1, -0.05) is 0 Å². The van der Waals surface area contributed by atoms with Gasteiger partial charge in [-0.25, -0.2) is 4.79 Å². The Hall–Kier alpha value is -2.12. The molecule has 3 fully saturated rings. The van der Waals surface area contributed by atoms with Gasteiger partial charge in [0.1, 0.15) is 0 Å². The number of anilines is 2. The molecule has 1 aromatic rings. The number of imide groups is 1. The number of piperazine rings is 1. The predicted molar refractivity (Wildman–Crippen MR) is 92.4 cm³/mol. The SMILES string of the molecule is O=C1CCN(c2ccc(N3CCN(C4CNC4)CC3)cc2)C(=O)N1. The summed E-state index contributed by atoms with van der Waals surface area (Å²) in [6.45, 7) is 6.96. The third-order valence-corrected chi connectivity index (χ3v) is 5.17. The number of rotatable bonds is 3. The zero-order valence-electron chi connectivity index (χ0n) is 13.7. The van der Waals surface area contributed by atoms with E-state index in [0.29, 0.717) is 13.0 Å². The zero-order valence-corrected chi connectivity index (χ0v) is 13.7. The highest BCUT2D eigenvalue weighted by Crippen LogP contribution is 2.23. The van der Waals surface area contributed by atoms with Crippen LogP contribution in [-0.2, 0) is 4.79 Å². The van der Waals surface area contributed by atoms with Gasteiger partial charge in [-0.2, -0.15) is 0 Å². The molecule has 2 N–H and O–H groups in total. The van der Waals surface area contributed by atoms with Crippen molar-refractivity contribution >= 4 is 23.3 Å². The van der Waals surface area contributed by atoms with Crippen LogP contribution in [0.3, 0.4) is 0 Å². The van der Waals surface area contributed by atoms with Crippen molar-refractivity contribution in [2.45, 2.75) is 12.5 Å². The first kappa shape index (κ1) is 15.4. The Balaban J connectivity index is 1.37. The third kappa shape index (κ3) is 2.97. The molecule has 3 saturated heterocycles. The van der Waals surface area contributed by atoms with Gasteiger partial charge in [0.25, 0.3) is 0 Å². The van der Waals surface area contributed by atoms with E-state index in [4.69, 9.17) is 0 Å². The fourth-order valence-corrected chi connectivity index (χ4v) is 3.53. The van der Waals surface area contributed by atoms with Crippen LogP contribution < -0.4 is 20.4 Å². The fraction of sp³-hybridized carbons (Fsp3) is 0.529. The van der Waals surface area contributed by atoms with E-state index in [1.54, 1.807) is 4.90 Å². The third-order valence-electron chi connectivity index (χ3n) is 5.17. The highest BCUT2D eigenvalue weighted by atomic mass is 16.2. The minimum Gasteiger partial charge on any atom is -0.369 e. The normalized spacial score (nSPS) is 23.2. The van der Waals surface area contributed by atoms with Crippen molar-refractivity contribution in [2.75, 3.05) is 55.6 Å². The zero-order chi connectivity index (χ0) is 16.5. The molecule has 4 rings (SSSR count). The van der Waals surface area contributed by atoms with E-state index in [-0.39, 0.29) is 11.9 Å². The Labute approximate surface area is 141 Å². The van der Waals surface area contributed by atoms with Crippen molar-refractivity contribution in [3.8, 4) is 0 Å². The van der Waals surface area contributed by atoms with E-state index in [0.717, 1.165) is 51.0 Å². The lowest BCUT2D eigenvalue weighted by Gasteiger charge is -2.44. The van der Waals surface area contributed by atoms with E-state index >= 15 is 0 Å². The summed E-state index contributed by atoms with van der Waals surface area (Å²) in [7, 11) is 0. The van der Waals surface area contributed by atoms with Crippen molar-refractivity contribution in [3.63, 3.8) is 0 Å². The maximum atomic E-state index is 11.9. The summed E-state index contributed by atoms with van der Waals surface area (Å²) in [6.07, 6.45) is 0.353. The number of benzene rings is 1. The number of nitrogens with one attached hydrogen (secondary N) is 2. The highest BCUT2D eigenvalue weighted by molar-refractivity contribution is 6.05. The van der Waals surface area contributed by atoms with Gasteiger partial charge in [-0.05, 0) is 24.3 Å². The number of hydrogen-bond donors (Lipinski definition) is 2. The minimum atomic E-state index is -0.332. The molecule has 0 unspecified atom stereocenters. The van der Waals surface area contributed by atoms with Crippen LogP contribution in [0.4, 0.5) is 16.2 Å². The van der Waals surface area contributed by atoms with Crippen molar-refractivity contribution in [2.24, 2.45) is 0 Å². The minimum absolute atomic E-state index is 0.201. The molecule has 0 atom stereocenters. The lowest BCUT2D eigenvalue weighted by molar-refractivity contribution is -0.120. The van der Waals surface area contributed by atoms with Crippen LogP contribution in [0.25, 0.3) is 0 Å². The van der Waals surface area contributed by atoms with E-state index in [1.807, 2.05) is 12.1 Å². The monoisotopic (exact) mass is 329 g/mol. The maximum Gasteiger partial charge on any atom is 0.328 e. The number of amides is 3. The average Bonchev–Trinajstić information content (AvgIpc) is 2.54. The summed E-state index contributed by atoms with van der Waals surface area (Å²) in [6, 6.07) is 8.45. The van der Waals surface area contributed by atoms with Gasteiger partial charge in [0.05, 0.1) is 0 Å². The number of carbonyl (C=O) groups is 2. The van der Waals surface area contributed by atoms with Crippen molar-refractivity contribution in [3.05, 3.63) is 24.3 Å². The van der Waals surface area contributed by atoms with Crippen LogP contribution in [0.15, 0.2) is 24.3 Å². The number of carbonyl (C=O) groups excluding carboxylic acids is 2. The molecule has 1 aromatic carbocycles. The number of hydrogen-bond acceptors (Lipinski definition) is 5. The van der Waals surface area contributed by atoms with Gasteiger partial charge < -0.3 is 10.2 Å². The van der Waals surface area contributed by atoms with E-state index in [9.17, 15) is 9.59 Å². The fourth-order valence-electron chi connectivity index (χ4n) is 3.53. The summed E-state index contributed by atoms with van der Waals surface area (Å²) < 4.78 is 0. The molecule has 24 heavy (non-hydrogen) atoms. The molecule has 0 radical (unpaired) electrons. The van der Waals surface area contributed by atoms with E-state index < -0.39 is 0 Å². The Morgan fingerprint density at radius 1 is 0.875 bits per heavy atom. The van der Waals surface area contributed by atoms with Gasteiger partial charge in [-0.15, -0.1) is 0 Å². The second-order valence-corrected chi connectivity index (χ2v) is 6.61. The van der Waals surface area contributed by atoms with Crippen molar-refractivity contribution < 1.29 is 9.59 Å². The Kier molecular flexibility index (Phi) is 4.12. The summed E-state index contributed by atoms with van der Waals surface area (Å²) >= 11 is 0. The van der Waals surface area contributed by atoms with Gasteiger partial charge in [0, 0.05) is 69.7 Å². The van der Waals surface area contributed by atoms with E-state index in [1.165, 1.54) is 5.69 Å². The van der Waals surface area contributed by atoms with Gasteiger partial charge in [0.2, 0.25) is 5.91 Å². The summed E-state index contributed by atoms with van der Waals surface area (Å²) in [5.74, 6) is -0.201. The lowest BCUT2D eigenvalue weighted by Crippen LogP contribution is -2.61. The van der Waals surface area contributed by atoms with Crippen molar-refractivity contribution in [1.82, 2.24) is 15.5 Å². The van der Waals surface area contributed by atoms with Crippen LogP contribution in [0.5, 0.6) is 0 Å². The molecule has 0 aromatic heterocycles.